The number of phosphoric acid groups is 3. The Morgan fingerprint density at radius 3 is 2.21 bits per heavy atom. The van der Waals surface area contributed by atoms with Gasteiger partial charge < -0.3 is 55.7 Å². The minimum Gasteiger partial charge on any atom is -0.387 e. The second-order valence-electron chi connectivity index (χ2n) is 11.3. The van der Waals surface area contributed by atoms with Crippen molar-refractivity contribution >= 4 is 57.6 Å². The SMILES string of the molecule is COC1C(O)C(COP(=O)(O)OP(=O)(O)OP(=O)(O)OCC2OC([n+]3cn(C)c4c(=O)[nH]c(N)nc43)C(O)C2O)OC1n1cnc2c(N)ncnc21. The monoisotopic (exact) mass is 801 g/mol. The van der Waals surface area contributed by atoms with Crippen LogP contribution >= 0.6 is 23.5 Å². The molecule has 11 N–H and O–H groups in total. The van der Waals surface area contributed by atoms with Gasteiger partial charge in [-0.15, -0.1) is 0 Å². The number of anilines is 2. The highest BCUT2D eigenvalue weighted by Gasteiger charge is 2.50. The van der Waals surface area contributed by atoms with Crippen LogP contribution in [0, 0.1) is 0 Å². The fraction of sp³-hybridized carbons (Fsp3) is 0.545. The Balaban J connectivity index is 1.05. The molecule has 2 fully saturated rings. The molecule has 2 saturated heterocycles. The Hall–Kier alpha value is -3.33. The highest BCUT2D eigenvalue weighted by molar-refractivity contribution is 7.66. The quantitative estimate of drug-likeness (QED) is 0.0475. The van der Waals surface area contributed by atoms with Gasteiger partial charge in [-0.25, -0.2) is 33.2 Å². The van der Waals surface area contributed by atoms with E-state index in [1.807, 2.05) is 0 Å². The average molecular weight is 801 g/mol. The van der Waals surface area contributed by atoms with Gasteiger partial charge >= 0.3 is 29.1 Å². The maximum absolute atomic E-state index is 12.6. The molecule has 0 radical (unpaired) electrons. The van der Waals surface area contributed by atoms with Crippen LogP contribution in [0.1, 0.15) is 12.5 Å². The summed E-state index contributed by atoms with van der Waals surface area (Å²) in [5.74, 6) is -0.212. The number of rotatable bonds is 13. The molecule has 2 aliphatic heterocycles. The number of aliphatic hydroxyl groups excluding tert-OH is 3. The van der Waals surface area contributed by atoms with E-state index in [-0.39, 0.29) is 34.1 Å². The van der Waals surface area contributed by atoms with Crippen molar-refractivity contribution < 1.29 is 80.1 Å². The molecule has 4 aromatic rings. The lowest BCUT2D eigenvalue weighted by Gasteiger charge is -2.21. The Morgan fingerprint density at radius 1 is 0.942 bits per heavy atom. The zero-order chi connectivity index (χ0) is 37.9. The van der Waals surface area contributed by atoms with Crippen molar-refractivity contribution in [3.8, 4) is 0 Å². The minimum absolute atomic E-state index is 0.0244. The number of imidazole rings is 2. The molecule has 6 rings (SSSR count). The van der Waals surface area contributed by atoms with E-state index < -0.39 is 91.3 Å². The third kappa shape index (κ3) is 7.53. The molecule has 0 bridgehead atoms. The Kier molecular flexibility index (Phi) is 10.4. The lowest BCUT2D eigenvalue weighted by molar-refractivity contribution is -0.745. The van der Waals surface area contributed by atoms with E-state index in [0.717, 1.165) is 10.9 Å². The van der Waals surface area contributed by atoms with Crippen LogP contribution in [-0.4, -0.2) is 121 Å². The molecule has 11 unspecified atom stereocenters. The molecule has 52 heavy (non-hydrogen) atoms. The number of aryl methyl sites for hydroxylation is 1. The molecule has 4 aromatic heterocycles. The number of fused-ring (bicyclic) bond motifs is 2. The van der Waals surface area contributed by atoms with Crippen LogP contribution in [0.4, 0.5) is 11.8 Å². The number of aliphatic hydroxyl groups is 3. The first-order valence-corrected chi connectivity index (χ1v) is 19.1. The Labute approximate surface area is 289 Å². The van der Waals surface area contributed by atoms with Gasteiger partial charge in [0.15, 0.2) is 24.0 Å². The standard InChI is InChI=1S/C22H31N10O17P3/c1-30-7-32(18-11(30)19(36)29-22(24)28-18)20-14(35)12(33)8(46-20)3-44-50(37,38)48-52(41,42)49-51(39,40)45-4-9-13(34)15(43-2)21(47-9)31-6-27-10-16(23)25-5-26-17(10)31/h5-9,12-15,20-21,33-35H,3-4H2,1-2H3,(H7-,23,24,25,26,28,29,36,37,38,39,40,41,42)/p+1. The summed E-state index contributed by atoms with van der Waals surface area (Å²) in [6.45, 7) is -2.01. The summed E-state index contributed by atoms with van der Waals surface area (Å²) in [5, 5.41) is 31.9. The number of aromatic amines is 1. The molecule has 0 aromatic carbocycles. The number of hydrogen-bond acceptors (Lipinski definition) is 20. The average Bonchev–Trinajstić information content (AvgIpc) is 3.77. The van der Waals surface area contributed by atoms with Gasteiger partial charge in [0.2, 0.25) is 11.7 Å². The summed E-state index contributed by atoms with van der Waals surface area (Å²) in [5.41, 5.74) is 11.2. The number of aromatic nitrogens is 8. The number of hydrogen-bond donors (Lipinski definition) is 9. The summed E-state index contributed by atoms with van der Waals surface area (Å²) in [6, 6.07) is 0. The van der Waals surface area contributed by atoms with Gasteiger partial charge in [-0.2, -0.15) is 8.62 Å². The van der Waals surface area contributed by atoms with Crippen LogP contribution < -0.4 is 21.6 Å². The van der Waals surface area contributed by atoms with Crippen molar-refractivity contribution in [1.29, 1.82) is 0 Å². The zero-order valence-electron chi connectivity index (χ0n) is 26.6. The number of nitrogens with zero attached hydrogens (tertiary/aromatic N) is 7. The first kappa shape index (κ1) is 38.4. The first-order valence-electron chi connectivity index (χ1n) is 14.6. The fourth-order valence-corrected chi connectivity index (χ4v) is 9.12. The number of nitrogens with two attached hydrogens (primary N) is 2. The van der Waals surface area contributed by atoms with Gasteiger partial charge in [0.05, 0.1) is 26.6 Å². The molecular formula is C22H32N10O17P3+. The van der Waals surface area contributed by atoms with Crippen molar-refractivity contribution in [2.45, 2.75) is 49.1 Å². The molecule has 0 amide bonds. The zero-order valence-corrected chi connectivity index (χ0v) is 29.2. The summed E-state index contributed by atoms with van der Waals surface area (Å²) in [7, 11) is -14.5. The first-order chi connectivity index (χ1) is 24.3. The maximum atomic E-state index is 12.6. The van der Waals surface area contributed by atoms with Gasteiger partial charge in [0, 0.05) is 7.11 Å². The topological polar surface area (TPSA) is 387 Å². The molecule has 0 aliphatic carbocycles. The van der Waals surface area contributed by atoms with Crippen molar-refractivity contribution in [3.05, 3.63) is 29.3 Å². The summed E-state index contributed by atoms with van der Waals surface area (Å²) < 4.78 is 75.5. The van der Waals surface area contributed by atoms with Gasteiger partial charge in [0.1, 0.15) is 48.5 Å². The van der Waals surface area contributed by atoms with Crippen molar-refractivity contribution in [1.82, 2.24) is 34.1 Å². The summed E-state index contributed by atoms with van der Waals surface area (Å²) in [4.78, 5) is 60.8. The highest BCUT2D eigenvalue weighted by Crippen LogP contribution is 2.67. The van der Waals surface area contributed by atoms with Crippen LogP contribution in [-0.2, 0) is 52.6 Å². The molecule has 0 saturated carbocycles. The number of methoxy groups -OCH3 is 1. The van der Waals surface area contributed by atoms with Gasteiger partial charge in [0.25, 0.3) is 11.5 Å². The third-order valence-corrected chi connectivity index (χ3v) is 12.1. The molecule has 30 heteroatoms. The molecule has 6 heterocycles. The van der Waals surface area contributed by atoms with Gasteiger partial charge in [-0.05, 0) is 0 Å². The van der Waals surface area contributed by atoms with Gasteiger partial charge in [-0.1, -0.05) is 4.98 Å². The van der Waals surface area contributed by atoms with E-state index in [4.69, 9.17) is 30.2 Å². The second kappa shape index (κ2) is 14.1. The minimum atomic E-state index is -5.95. The molecule has 2 aliphatic rings. The predicted molar refractivity (Wildman–Crippen MR) is 166 cm³/mol. The van der Waals surface area contributed by atoms with E-state index in [9.17, 15) is 48.5 Å². The lowest BCUT2D eigenvalue weighted by atomic mass is 10.1. The third-order valence-electron chi connectivity index (χ3n) is 7.86. The summed E-state index contributed by atoms with van der Waals surface area (Å²) in [6.07, 6.45) is -7.97. The Morgan fingerprint density at radius 2 is 1.58 bits per heavy atom. The van der Waals surface area contributed by atoms with E-state index in [2.05, 4.69) is 38.1 Å². The smallest absolute Gasteiger partial charge is 0.387 e. The van der Waals surface area contributed by atoms with E-state index in [0.29, 0.717) is 0 Å². The van der Waals surface area contributed by atoms with Crippen LogP contribution in [0.2, 0.25) is 0 Å². The van der Waals surface area contributed by atoms with Gasteiger partial charge in [-0.3, -0.25) is 28.0 Å². The normalized spacial score (nSPS) is 30.1. The Bertz CT molecular complexity index is 2180. The van der Waals surface area contributed by atoms with Crippen LogP contribution in [0.3, 0.4) is 0 Å². The van der Waals surface area contributed by atoms with Crippen molar-refractivity contribution in [2.75, 3.05) is 31.8 Å². The predicted octanol–water partition coefficient (Wildman–Crippen LogP) is -3.19. The number of phosphoric ester groups is 2. The lowest BCUT2D eigenvalue weighted by Crippen LogP contribution is -2.46. The van der Waals surface area contributed by atoms with Crippen molar-refractivity contribution in [2.24, 2.45) is 7.05 Å². The maximum Gasteiger partial charge on any atom is 0.490 e. The fourth-order valence-electron chi connectivity index (χ4n) is 5.60. The van der Waals surface area contributed by atoms with Crippen LogP contribution in [0.5, 0.6) is 0 Å². The summed E-state index contributed by atoms with van der Waals surface area (Å²) >= 11 is 0. The van der Waals surface area contributed by atoms with Crippen LogP contribution in [0.15, 0.2) is 23.8 Å². The number of nitrogen functional groups attached to an aromatic ring is 2. The molecule has 0 spiro atoms. The molecule has 11 atom stereocenters. The van der Waals surface area contributed by atoms with E-state index in [1.54, 1.807) is 0 Å². The highest BCUT2D eigenvalue weighted by atomic mass is 31.3. The number of ether oxygens (including phenoxy) is 3. The molecule has 286 valence electrons. The number of H-pyrrole nitrogens is 1. The van der Waals surface area contributed by atoms with Crippen molar-refractivity contribution in [3.63, 3.8) is 0 Å². The molecular weight excluding hydrogens is 769 g/mol. The largest absolute Gasteiger partial charge is 0.490 e. The second-order valence-corrected chi connectivity index (χ2v) is 15.9. The number of nitrogens with one attached hydrogen (secondary N) is 1. The van der Waals surface area contributed by atoms with E-state index >= 15 is 0 Å². The molecule has 27 nitrogen and oxygen atoms in total. The van der Waals surface area contributed by atoms with Crippen LogP contribution in [0.25, 0.3) is 22.3 Å². The van der Waals surface area contributed by atoms with E-state index in [1.165, 1.54) is 35.9 Å².